The molecule has 2 saturated heterocycles. The van der Waals surface area contributed by atoms with Crippen LogP contribution in [0.1, 0.15) is 32.1 Å². The average Bonchev–Trinajstić information content (AvgIpc) is 2.56. The van der Waals surface area contributed by atoms with Gasteiger partial charge in [0.05, 0.1) is 0 Å². The Bertz CT molecular complexity index is 613. The largest absolute Gasteiger partial charge is 0.490 e. The molecule has 2 bridgehead atoms. The maximum absolute atomic E-state index is 6.31. The van der Waals surface area contributed by atoms with Gasteiger partial charge in [0, 0.05) is 12.1 Å². The number of hydrogen-bond donors (Lipinski definition) is 1. The van der Waals surface area contributed by atoms with Crippen LogP contribution >= 0.6 is 0 Å². The number of rotatable bonds is 3. The van der Waals surface area contributed by atoms with E-state index < -0.39 is 0 Å². The van der Waals surface area contributed by atoms with Crippen molar-refractivity contribution in [3.63, 3.8) is 0 Å². The minimum absolute atomic E-state index is 0.363. The van der Waals surface area contributed by atoms with Gasteiger partial charge in [-0.05, 0) is 48.9 Å². The lowest BCUT2D eigenvalue weighted by atomic mass is 9.85. The maximum atomic E-state index is 6.31. The van der Waals surface area contributed by atoms with Crippen LogP contribution in [-0.2, 0) is 0 Å². The Morgan fingerprint density at radius 2 is 1.55 bits per heavy atom. The topological polar surface area (TPSA) is 21.3 Å². The van der Waals surface area contributed by atoms with Crippen LogP contribution in [0.25, 0.3) is 11.1 Å². The van der Waals surface area contributed by atoms with Crippen molar-refractivity contribution in [1.82, 2.24) is 5.32 Å². The second kappa shape index (κ2) is 6.13. The third kappa shape index (κ3) is 3.02. The molecule has 2 aliphatic rings. The third-order valence-electron chi connectivity index (χ3n) is 4.92. The quantitative estimate of drug-likeness (QED) is 0.905. The summed E-state index contributed by atoms with van der Waals surface area (Å²) in [5.41, 5.74) is 2.47. The molecule has 0 aliphatic carbocycles. The third-order valence-corrected chi connectivity index (χ3v) is 4.92. The first-order valence-corrected chi connectivity index (χ1v) is 8.45. The molecule has 0 aromatic heterocycles. The number of hydrogen-bond acceptors (Lipinski definition) is 2. The number of benzene rings is 2. The molecule has 3 atom stereocenters. The van der Waals surface area contributed by atoms with Crippen LogP contribution in [0.15, 0.2) is 54.6 Å². The van der Waals surface area contributed by atoms with Crippen molar-refractivity contribution in [2.45, 2.75) is 50.3 Å². The highest BCUT2D eigenvalue weighted by atomic mass is 16.5. The number of nitrogens with one attached hydrogen (secondary N) is 1. The van der Waals surface area contributed by atoms with Gasteiger partial charge in [-0.25, -0.2) is 0 Å². The Morgan fingerprint density at radius 1 is 0.818 bits per heavy atom. The summed E-state index contributed by atoms with van der Waals surface area (Å²) < 4.78 is 6.31. The molecule has 2 aromatic rings. The highest BCUT2D eigenvalue weighted by Crippen LogP contribution is 2.30. The summed E-state index contributed by atoms with van der Waals surface area (Å²) in [6, 6.07) is 20.3. The highest BCUT2D eigenvalue weighted by molar-refractivity contribution is 5.64. The van der Waals surface area contributed by atoms with Gasteiger partial charge in [0.2, 0.25) is 0 Å². The monoisotopic (exact) mass is 293 g/mol. The van der Waals surface area contributed by atoms with E-state index in [4.69, 9.17) is 4.74 Å². The smallest absolute Gasteiger partial charge is 0.120 e. The molecule has 2 nitrogen and oxygen atoms in total. The number of fused-ring (bicyclic) bond motifs is 2. The van der Waals surface area contributed by atoms with Crippen LogP contribution < -0.4 is 10.1 Å². The van der Waals surface area contributed by atoms with Crippen LogP contribution in [0.2, 0.25) is 0 Å². The lowest BCUT2D eigenvalue weighted by molar-refractivity contribution is 0.0928. The van der Waals surface area contributed by atoms with E-state index in [0.717, 1.165) is 18.6 Å². The van der Waals surface area contributed by atoms with Crippen LogP contribution in [0.5, 0.6) is 5.75 Å². The minimum atomic E-state index is 0.363. The molecule has 22 heavy (non-hydrogen) atoms. The van der Waals surface area contributed by atoms with Crippen LogP contribution in [0, 0.1) is 0 Å². The van der Waals surface area contributed by atoms with Gasteiger partial charge in [-0.2, -0.15) is 0 Å². The Labute approximate surface area is 132 Å². The lowest BCUT2D eigenvalue weighted by Gasteiger charge is -2.40. The second-order valence-corrected chi connectivity index (χ2v) is 6.60. The molecule has 2 heterocycles. The van der Waals surface area contributed by atoms with Crippen molar-refractivity contribution in [1.29, 1.82) is 0 Å². The van der Waals surface area contributed by atoms with E-state index in [9.17, 15) is 0 Å². The maximum Gasteiger partial charge on any atom is 0.120 e. The van der Waals surface area contributed by atoms with Crippen molar-refractivity contribution in [3.8, 4) is 16.9 Å². The van der Waals surface area contributed by atoms with Gasteiger partial charge in [-0.15, -0.1) is 0 Å². The summed E-state index contributed by atoms with van der Waals surface area (Å²) >= 11 is 0. The zero-order valence-electron chi connectivity index (χ0n) is 12.9. The summed E-state index contributed by atoms with van der Waals surface area (Å²) in [7, 11) is 0. The summed E-state index contributed by atoms with van der Waals surface area (Å²) in [5, 5.41) is 3.73. The fourth-order valence-corrected chi connectivity index (χ4v) is 3.88. The number of piperidine rings is 2. The first-order chi connectivity index (χ1) is 10.9. The fourth-order valence-electron chi connectivity index (χ4n) is 3.88. The highest BCUT2D eigenvalue weighted by Gasteiger charge is 2.32. The lowest BCUT2D eigenvalue weighted by Crippen LogP contribution is -2.51. The molecule has 2 heteroatoms. The van der Waals surface area contributed by atoms with Gasteiger partial charge < -0.3 is 10.1 Å². The molecule has 114 valence electrons. The molecule has 0 amide bonds. The molecular formula is C20H23NO. The molecule has 1 unspecified atom stereocenters. The normalized spacial score (nSPS) is 27.4. The Balaban J connectivity index is 1.49. The van der Waals surface area contributed by atoms with Gasteiger partial charge >= 0.3 is 0 Å². The summed E-state index contributed by atoms with van der Waals surface area (Å²) in [5.74, 6) is 1.01. The van der Waals surface area contributed by atoms with Crippen LogP contribution in [0.3, 0.4) is 0 Å². The van der Waals surface area contributed by atoms with E-state index in [1.807, 2.05) is 0 Å². The second-order valence-electron chi connectivity index (χ2n) is 6.60. The van der Waals surface area contributed by atoms with Gasteiger partial charge in [0.15, 0.2) is 0 Å². The van der Waals surface area contributed by atoms with E-state index in [-0.39, 0.29) is 0 Å². The zero-order chi connectivity index (χ0) is 14.8. The predicted octanol–water partition coefficient (Wildman–Crippen LogP) is 4.41. The molecule has 1 N–H and O–H groups in total. The van der Waals surface area contributed by atoms with Crippen molar-refractivity contribution >= 4 is 0 Å². The first kappa shape index (κ1) is 13.8. The van der Waals surface area contributed by atoms with Crippen molar-refractivity contribution in [3.05, 3.63) is 54.6 Å². The van der Waals surface area contributed by atoms with Crippen LogP contribution in [0.4, 0.5) is 0 Å². The summed E-state index contributed by atoms with van der Waals surface area (Å²) in [6.45, 7) is 0. The van der Waals surface area contributed by atoms with Crippen molar-refractivity contribution < 1.29 is 4.74 Å². The van der Waals surface area contributed by atoms with Crippen molar-refractivity contribution in [2.75, 3.05) is 0 Å². The number of ether oxygens (including phenoxy) is 1. The van der Waals surface area contributed by atoms with E-state index >= 15 is 0 Å². The molecule has 0 spiro atoms. The fraction of sp³-hybridized carbons (Fsp3) is 0.400. The van der Waals surface area contributed by atoms with E-state index in [2.05, 4.69) is 59.9 Å². The van der Waals surface area contributed by atoms with Gasteiger partial charge in [-0.1, -0.05) is 48.9 Å². The predicted molar refractivity (Wildman–Crippen MR) is 90.1 cm³/mol. The van der Waals surface area contributed by atoms with E-state index in [1.165, 1.54) is 30.4 Å². The van der Waals surface area contributed by atoms with Gasteiger partial charge in [-0.3, -0.25) is 0 Å². The molecule has 2 aliphatic heterocycles. The van der Waals surface area contributed by atoms with Gasteiger partial charge in [0.1, 0.15) is 11.9 Å². The van der Waals surface area contributed by atoms with E-state index in [0.29, 0.717) is 18.2 Å². The molecule has 0 radical (unpaired) electrons. The molecular weight excluding hydrogens is 270 g/mol. The summed E-state index contributed by atoms with van der Waals surface area (Å²) in [4.78, 5) is 0. The first-order valence-electron chi connectivity index (χ1n) is 8.45. The zero-order valence-corrected chi connectivity index (χ0v) is 12.9. The van der Waals surface area contributed by atoms with E-state index in [1.54, 1.807) is 0 Å². The standard InChI is InChI=1S/C20H23NO/c1-2-6-15(7-3-1)16-8-4-11-19(12-16)22-20-13-17-9-5-10-18(14-20)21-17/h1-4,6-8,11-12,17-18,20-21H,5,9-10,13-14H2/t17-,18+,20?. The molecule has 4 rings (SSSR count). The minimum Gasteiger partial charge on any atom is -0.490 e. The molecule has 2 fully saturated rings. The molecule has 2 aromatic carbocycles. The van der Waals surface area contributed by atoms with Crippen molar-refractivity contribution in [2.24, 2.45) is 0 Å². The summed E-state index contributed by atoms with van der Waals surface area (Å²) in [6.07, 6.45) is 6.64. The average molecular weight is 293 g/mol. The van der Waals surface area contributed by atoms with Gasteiger partial charge in [0.25, 0.3) is 0 Å². The molecule has 0 saturated carbocycles. The Kier molecular flexibility index (Phi) is 3.86. The Morgan fingerprint density at radius 3 is 2.32 bits per heavy atom. The van der Waals surface area contributed by atoms with Crippen LogP contribution in [-0.4, -0.2) is 18.2 Å². The SMILES string of the molecule is c1ccc(-c2cccc(OC3C[C@H]4CCC[C@@H](C3)N4)c2)cc1. The Hall–Kier alpha value is -1.80.